The lowest BCUT2D eigenvalue weighted by Gasteiger charge is -2.04. The van der Waals surface area contributed by atoms with Gasteiger partial charge in [-0.05, 0) is 29.8 Å². The summed E-state index contributed by atoms with van der Waals surface area (Å²) in [6.07, 6.45) is 1.69. The maximum Gasteiger partial charge on any atom is 0.226 e. The third kappa shape index (κ3) is 4.20. The number of oxazole rings is 1. The molecule has 1 amide bonds. The number of hydrogen-bond acceptors (Lipinski definition) is 3. The third-order valence-corrected chi connectivity index (χ3v) is 3.53. The summed E-state index contributed by atoms with van der Waals surface area (Å²) in [6.45, 7) is 0.433. The second-order valence-electron chi connectivity index (χ2n) is 5.09. The molecule has 0 aliphatic rings. The largest absolute Gasteiger partial charge is 0.444 e. The second-order valence-corrected chi connectivity index (χ2v) is 5.53. The molecule has 3 aromatic rings. The molecule has 116 valence electrons. The minimum Gasteiger partial charge on any atom is -0.444 e. The van der Waals surface area contributed by atoms with Crippen molar-refractivity contribution in [3.8, 4) is 11.5 Å². The second kappa shape index (κ2) is 7.11. The van der Waals surface area contributed by atoms with E-state index in [1.165, 1.54) is 6.26 Å². The number of benzene rings is 2. The Labute approximate surface area is 139 Å². The maximum absolute atomic E-state index is 12.0. The molecule has 1 aromatic heterocycles. The topological polar surface area (TPSA) is 55.1 Å². The Kier molecular flexibility index (Phi) is 4.74. The lowest BCUT2D eigenvalue weighted by molar-refractivity contribution is -0.120. The van der Waals surface area contributed by atoms with Crippen molar-refractivity contribution in [3.63, 3.8) is 0 Å². The Bertz CT molecular complexity index is 800. The predicted molar refractivity (Wildman–Crippen MR) is 88.9 cm³/mol. The lowest BCUT2D eigenvalue weighted by atomic mass is 10.2. The van der Waals surface area contributed by atoms with E-state index < -0.39 is 0 Å². The molecule has 23 heavy (non-hydrogen) atoms. The lowest BCUT2D eigenvalue weighted by Crippen LogP contribution is -2.24. The molecule has 0 saturated carbocycles. The smallest absolute Gasteiger partial charge is 0.226 e. The van der Waals surface area contributed by atoms with E-state index in [0.717, 1.165) is 11.1 Å². The number of rotatable bonds is 5. The summed E-state index contributed by atoms with van der Waals surface area (Å²) in [4.78, 5) is 16.3. The van der Waals surface area contributed by atoms with Crippen molar-refractivity contribution in [1.29, 1.82) is 0 Å². The van der Waals surface area contributed by atoms with Crippen LogP contribution in [0.15, 0.2) is 65.3 Å². The molecule has 0 unspecified atom stereocenters. The molecule has 2 aromatic carbocycles. The maximum atomic E-state index is 12.0. The van der Waals surface area contributed by atoms with Crippen molar-refractivity contribution in [1.82, 2.24) is 10.3 Å². The Morgan fingerprint density at radius 3 is 2.74 bits per heavy atom. The number of nitrogens with zero attached hydrogens (tertiary/aromatic N) is 1. The Balaban J connectivity index is 1.57. The van der Waals surface area contributed by atoms with Gasteiger partial charge in [0, 0.05) is 17.1 Å². The molecular weight excluding hydrogens is 312 g/mol. The van der Waals surface area contributed by atoms with Gasteiger partial charge in [-0.1, -0.05) is 41.9 Å². The number of nitrogens with one attached hydrogen (secondary N) is 1. The zero-order valence-corrected chi connectivity index (χ0v) is 13.1. The van der Waals surface area contributed by atoms with Crippen LogP contribution in [0.1, 0.15) is 11.3 Å². The van der Waals surface area contributed by atoms with Gasteiger partial charge in [0.25, 0.3) is 0 Å². The molecule has 3 rings (SSSR count). The average Bonchev–Trinajstić information content (AvgIpc) is 3.02. The fraction of sp³-hybridized carbons (Fsp3) is 0.111. The highest BCUT2D eigenvalue weighted by atomic mass is 35.5. The highest BCUT2D eigenvalue weighted by Gasteiger charge is 2.10. The molecule has 0 saturated heterocycles. The molecule has 0 atom stereocenters. The first-order chi connectivity index (χ1) is 11.2. The minimum atomic E-state index is -0.113. The molecule has 0 fully saturated rings. The van der Waals surface area contributed by atoms with Gasteiger partial charge in [0.1, 0.15) is 6.26 Å². The highest BCUT2D eigenvalue weighted by molar-refractivity contribution is 6.30. The summed E-state index contributed by atoms with van der Waals surface area (Å²) in [5, 5.41) is 3.50. The van der Waals surface area contributed by atoms with Crippen LogP contribution in [0.4, 0.5) is 0 Å². The summed E-state index contributed by atoms with van der Waals surface area (Å²) in [5.41, 5.74) is 2.45. The van der Waals surface area contributed by atoms with Crippen LogP contribution in [0.25, 0.3) is 11.5 Å². The van der Waals surface area contributed by atoms with Crippen LogP contribution in [-0.4, -0.2) is 10.9 Å². The van der Waals surface area contributed by atoms with Gasteiger partial charge >= 0.3 is 0 Å². The van der Waals surface area contributed by atoms with Gasteiger partial charge in [-0.3, -0.25) is 4.79 Å². The Hall–Kier alpha value is -2.59. The van der Waals surface area contributed by atoms with Gasteiger partial charge in [-0.2, -0.15) is 0 Å². The fourth-order valence-corrected chi connectivity index (χ4v) is 2.39. The molecule has 1 N–H and O–H groups in total. The normalized spacial score (nSPS) is 10.5. The van der Waals surface area contributed by atoms with Crippen LogP contribution in [0.5, 0.6) is 0 Å². The van der Waals surface area contributed by atoms with E-state index in [-0.39, 0.29) is 12.3 Å². The molecule has 1 heterocycles. The molecule has 4 nitrogen and oxygen atoms in total. The van der Waals surface area contributed by atoms with E-state index in [0.29, 0.717) is 23.2 Å². The Morgan fingerprint density at radius 1 is 1.13 bits per heavy atom. The van der Waals surface area contributed by atoms with Crippen LogP contribution >= 0.6 is 11.6 Å². The van der Waals surface area contributed by atoms with Crippen molar-refractivity contribution in [2.45, 2.75) is 13.0 Å². The zero-order valence-electron chi connectivity index (χ0n) is 12.3. The SMILES string of the molecule is O=C(Cc1coc(-c2ccccc2)n1)NCc1cccc(Cl)c1. The number of hydrogen-bond donors (Lipinski definition) is 1. The summed E-state index contributed by atoms with van der Waals surface area (Å²) in [6, 6.07) is 17.0. The number of carbonyl (C=O) groups is 1. The van der Waals surface area contributed by atoms with Crippen LogP contribution in [-0.2, 0) is 17.8 Å². The van der Waals surface area contributed by atoms with Crippen molar-refractivity contribution in [2.24, 2.45) is 0 Å². The summed E-state index contributed by atoms with van der Waals surface area (Å²) in [5.74, 6) is 0.404. The van der Waals surface area contributed by atoms with Crippen molar-refractivity contribution in [3.05, 3.63) is 77.1 Å². The van der Waals surface area contributed by atoms with Crippen LogP contribution in [0.2, 0.25) is 5.02 Å². The number of aromatic nitrogens is 1. The van der Waals surface area contributed by atoms with E-state index in [4.69, 9.17) is 16.0 Å². The molecular formula is C18H15ClN2O2. The molecule has 0 aliphatic carbocycles. The number of carbonyl (C=O) groups excluding carboxylic acids is 1. The first-order valence-electron chi connectivity index (χ1n) is 7.22. The fourth-order valence-electron chi connectivity index (χ4n) is 2.18. The molecule has 0 spiro atoms. The number of halogens is 1. The standard InChI is InChI=1S/C18H15ClN2O2/c19-15-8-4-5-13(9-15)11-20-17(22)10-16-12-23-18(21-16)14-6-2-1-3-7-14/h1-9,12H,10-11H2,(H,20,22). The van der Waals surface area contributed by atoms with Crippen LogP contribution in [0.3, 0.4) is 0 Å². The first kappa shape index (κ1) is 15.3. The van der Waals surface area contributed by atoms with E-state index in [2.05, 4.69) is 10.3 Å². The quantitative estimate of drug-likeness (QED) is 0.774. The molecule has 0 radical (unpaired) electrons. The van der Waals surface area contributed by atoms with Crippen molar-refractivity contribution < 1.29 is 9.21 Å². The highest BCUT2D eigenvalue weighted by Crippen LogP contribution is 2.18. The van der Waals surface area contributed by atoms with Gasteiger partial charge < -0.3 is 9.73 Å². The van der Waals surface area contributed by atoms with Gasteiger partial charge in [0.15, 0.2) is 0 Å². The van der Waals surface area contributed by atoms with E-state index in [1.807, 2.05) is 48.5 Å². The van der Waals surface area contributed by atoms with Crippen molar-refractivity contribution in [2.75, 3.05) is 0 Å². The number of amides is 1. The van der Waals surface area contributed by atoms with E-state index >= 15 is 0 Å². The summed E-state index contributed by atoms with van der Waals surface area (Å²) >= 11 is 5.92. The first-order valence-corrected chi connectivity index (χ1v) is 7.59. The predicted octanol–water partition coefficient (Wildman–Crippen LogP) is 3.85. The van der Waals surface area contributed by atoms with Gasteiger partial charge in [0.05, 0.1) is 12.1 Å². The molecule has 0 bridgehead atoms. The van der Waals surface area contributed by atoms with E-state index in [1.54, 1.807) is 6.07 Å². The Morgan fingerprint density at radius 2 is 1.96 bits per heavy atom. The minimum absolute atomic E-state index is 0.113. The van der Waals surface area contributed by atoms with Gasteiger partial charge in [0.2, 0.25) is 11.8 Å². The van der Waals surface area contributed by atoms with Gasteiger partial charge in [-0.15, -0.1) is 0 Å². The third-order valence-electron chi connectivity index (χ3n) is 3.29. The average molecular weight is 327 g/mol. The molecule has 0 aliphatic heterocycles. The van der Waals surface area contributed by atoms with Crippen LogP contribution in [0, 0.1) is 0 Å². The van der Waals surface area contributed by atoms with Crippen LogP contribution < -0.4 is 5.32 Å². The summed E-state index contributed by atoms with van der Waals surface area (Å²) in [7, 11) is 0. The monoisotopic (exact) mass is 326 g/mol. The van der Waals surface area contributed by atoms with Gasteiger partial charge in [-0.25, -0.2) is 4.98 Å². The van der Waals surface area contributed by atoms with Crippen molar-refractivity contribution >= 4 is 17.5 Å². The summed E-state index contributed by atoms with van der Waals surface area (Å²) < 4.78 is 5.42. The van der Waals surface area contributed by atoms with E-state index in [9.17, 15) is 4.79 Å². The molecule has 5 heteroatoms. The zero-order chi connectivity index (χ0) is 16.1.